The van der Waals surface area contributed by atoms with Crippen LogP contribution in [0.2, 0.25) is 0 Å². The number of H-pyrrole nitrogens is 1. The van der Waals surface area contributed by atoms with E-state index in [-0.39, 0.29) is 36.4 Å². The fourth-order valence-electron chi connectivity index (χ4n) is 3.16. The molecule has 10 nitrogen and oxygen atoms in total. The molecule has 1 fully saturated rings. The third kappa shape index (κ3) is 4.89. The van der Waals surface area contributed by atoms with E-state index in [4.69, 9.17) is 4.74 Å². The molecule has 10 heteroatoms. The van der Waals surface area contributed by atoms with Gasteiger partial charge in [0.2, 0.25) is 11.8 Å². The molecule has 0 atom stereocenters. The highest BCUT2D eigenvalue weighted by Crippen LogP contribution is 2.12. The number of aromatic nitrogens is 2. The summed E-state index contributed by atoms with van der Waals surface area (Å²) in [7, 11) is 0. The predicted octanol–water partition coefficient (Wildman–Crippen LogP) is -0.117. The Morgan fingerprint density at radius 3 is 2.45 bits per heavy atom. The standard InChI is InChI=1S/C19H23N5O5/c1-2-29-19(28)24-9-7-23(8-10-24)17(26)12-20-16(25)11-15-13-5-3-4-6-14(13)18(27)22-21-15/h3-6H,2,7-12H2,1H3,(H,20,25)(H,22,27). The average Bonchev–Trinajstić information content (AvgIpc) is 2.74. The lowest BCUT2D eigenvalue weighted by molar-refractivity contribution is -0.134. The summed E-state index contributed by atoms with van der Waals surface area (Å²) in [6.45, 7) is 3.48. The Labute approximate surface area is 166 Å². The van der Waals surface area contributed by atoms with Gasteiger partial charge in [-0.25, -0.2) is 9.89 Å². The number of fused-ring (bicyclic) bond motifs is 1. The maximum atomic E-state index is 12.3. The number of hydrogen-bond acceptors (Lipinski definition) is 6. The Morgan fingerprint density at radius 2 is 1.76 bits per heavy atom. The van der Waals surface area contributed by atoms with Crippen LogP contribution in [0, 0.1) is 0 Å². The number of aromatic amines is 1. The lowest BCUT2D eigenvalue weighted by Crippen LogP contribution is -2.52. The second-order valence-electron chi connectivity index (χ2n) is 6.57. The predicted molar refractivity (Wildman–Crippen MR) is 104 cm³/mol. The van der Waals surface area contributed by atoms with Crippen molar-refractivity contribution in [1.82, 2.24) is 25.3 Å². The molecule has 1 saturated heterocycles. The van der Waals surface area contributed by atoms with E-state index in [1.807, 2.05) is 0 Å². The average molecular weight is 401 g/mol. The molecule has 0 saturated carbocycles. The van der Waals surface area contributed by atoms with Crippen molar-refractivity contribution in [2.45, 2.75) is 13.3 Å². The molecule has 3 amide bonds. The summed E-state index contributed by atoms with van der Waals surface area (Å²) in [5.74, 6) is -0.589. The van der Waals surface area contributed by atoms with Gasteiger partial charge >= 0.3 is 6.09 Å². The van der Waals surface area contributed by atoms with Gasteiger partial charge in [0.1, 0.15) is 0 Å². The number of benzene rings is 1. The number of nitrogens with zero attached hydrogens (tertiary/aromatic N) is 3. The van der Waals surface area contributed by atoms with Crippen LogP contribution in [-0.2, 0) is 20.7 Å². The van der Waals surface area contributed by atoms with Crippen LogP contribution in [0.3, 0.4) is 0 Å². The lowest BCUT2D eigenvalue weighted by Gasteiger charge is -2.34. The number of nitrogens with one attached hydrogen (secondary N) is 2. The molecule has 1 aliphatic rings. The largest absolute Gasteiger partial charge is 0.450 e. The van der Waals surface area contributed by atoms with Crippen molar-refractivity contribution in [2.75, 3.05) is 39.3 Å². The SMILES string of the molecule is CCOC(=O)N1CCN(C(=O)CNC(=O)Cc2n[nH]c(=O)c3ccccc23)CC1. The Bertz CT molecular complexity index is 965. The molecule has 1 aromatic heterocycles. The van der Waals surface area contributed by atoms with Crippen LogP contribution in [0.1, 0.15) is 12.6 Å². The molecular weight excluding hydrogens is 378 g/mol. The minimum atomic E-state index is -0.381. The van der Waals surface area contributed by atoms with E-state index < -0.39 is 0 Å². The minimum absolute atomic E-state index is 0.0544. The molecule has 1 aliphatic heterocycles. The number of carbonyl (C=O) groups excluding carboxylic acids is 3. The molecule has 154 valence electrons. The van der Waals surface area contributed by atoms with E-state index in [0.717, 1.165) is 0 Å². The molecule has 2 heterocycles. The maximum Gasteiger partial charge on any atom is 0.409 e. The van der Waals surface area contributed by atoms with Gasteiger partial charge in [0.15, 0.2) is 0 Å². The normalized spacial score (nSPS) is 14.0. The summed E-state index contributed by atoms with van der Waals surface area (Å²) in [5.41, 5.74) is 0.120. The van der Waals surface area contributed by atoms with Gasteiger partial charge in [0, 0.05) is 31.6 Å². The molecule has 1 aromatic carbocycles. The van der Waals surface area contributed by atoms with Gasteiger partial charge in [-0.15, -0.1) is 0 Å². The second kappa shape index (κ2) is 9.18. The number of piperazine rings is 1. The van der Waals surface area contributed by atoms with Crippen LogP contribution in [0.5, 0.6) is 0 Å². The zero-order valence-electron chi connectivity index (χ0n) is 16.1. The third-order valence-corrected chi connectivity index (χ3v) is 4.70. The molecule has 2 N–H and O–H groups in total. The summed E-state index contributed by atoms with van der Waals surface area (Å²) >= 11 is 0. The second-order valence-corrected chi connectivity index (χ2v) is 6.57. The van der Waals surface area contributed by atoms with Gasteiger partial charge in [-0.1, -0.05) is 18.2 Å². The van der Waals surface area contributed by atoms with Crippen LogP contribution in [0.15, 0.2) is 29.1 Å². The smallest absolute Gasteiger partial charge is 0.409 e. The van der Waals surface area contributed by atoms with E-state index >= 15 is 0 Å². The van der Waals surface area contributed by atoms with Crippen molar-refractivity contribution < 1.29 is 19.1 Å². The van der Waals surface area contributed by atoms with Crippen molar-refractivity contribution >= 4 is 28.7 Å². The first-order chi connectivity index (χ1) is 14.0. The van der Waals surface area contributed by atoms with E-state index in [2.05, 4.69) is 15.5 Å². The first kappa shape index (κ1) is 20.3. The summed E-state index contributed by atoms with van der Waals surface area (Å²) in [6, 6.07) is 6.90. The molecule has 3 rings (SSSR count). The number of ether oxygens (including phenoxy) is 1. The van der Waals surface area contributed by atoms with Gasteiger partial charge < -0.3 is 19.9 Å². The van der Waals surface area contributed by atoms with Crippen molar-refractivity contribution in [3.8, 4) is 0 Å². The van der Waals surface area contributed by atoms with Gasteiger partial charge in [0.25, 0.3) is 5.56 Å². The van der Waals surface area contributed by atoms with Crippen molar-refractivity contribution in [2.24, 2.45) is 0 Å². The molecule has 2 aromatic rings. The van der Waals surface area contributed by atoms with Gasteiger partial charge in [0.05, 0.1) is 30.7 Å². The van der Waals surface area contributed by atoms with Crippen LogP contribution in [0.4, 0.5) is 4.79 Å². The highest BCUT2D eigenvalue weighted by Gasteiger charge is 2.25. The van der Waals surface area contributed by atoms with Crippen LogP contribution in [-0.4, -0.2) is 77.2 Å². The molecule has 0 bridgehead atoms. The van der Waals surface area contributed by atoms with Crippen molar-refractivity contribution in [3.05, 3.63) is 40.3 Å². The zero-order chi connectivity index (χ0) is 20.8. The quantitative estimate of drug-likeness (QED) is 0.720. The molecule has 0 spiro atoms. The first-order valence-electron chi connectivity index (χ1n) is 9.42. The van der Waals surface area contributed by atoms with Crippen molar-refractivity contribution in [1.29, 1.82) is 0 Å². The van der Waals surface area contributed by atoms with Crippen LogP contribution < -0.4 is 10.9 Å². The highest BCUT2D eigenvalue weighted by atomic mass is 16.6. The first-order valence-corrected chi connectivity index (χ1v) is 9.42. The summed E-state index contributed by atoms with van der Waals surface area (Å²) in [4.78, 5) is 51.2. The van der Waals surface area contributed by atoms with E-state index in [1.54, 1.807) is 41.0 Å². The number of rotatable bonds is 5. The van der Waals surface area contributed by atoms with E-state index in [9.17, 15) is 19.2 Å². The zero-order valence-corrected chi connectivity index (χ0v) is 16.1. The summed E-state index contributed by atoms with van der Waals surface area (Å²) in [6.07, 6.45) is -0.435. The fraction of sp³-hybridized carbons (Fsp3) is 0.421. The Balaban J connectivity index is 1.50. The highest BCUT2D eigenvalue weighted by molar-refractivity contribution is 5.90. The number of carbonyl (C=O) groups is 3. The Morgan fingerprint density at radius 1 is 1.10 bits per heavy atom. The van der Waals surface area contributed by atoms with Gasteiger partial charge in [-0.05, 0) is 13.0 Å². The lowest BCUT2D eigenvalue weighted by atomic mass is 10.1. The topological polar surface area (TPSA) is 125 Å². The van der Waals surface area contributed by atoms with Gasteiger partial charge in [-0.2, -0.15) is 5.10 Å². The van der Waals surface area contributed by atoms with E-state index in [0.29, 0.717) is 49.3 Å². The van der Waals surface area contributed by atoms with Crippen LogP contribution in [0.25, 0.3) is 10.8 Å². The molecule has 0 radical (unpaired) electrons. The van der Waals surface area contributed by atoms with Gasteiger partial charge in [-0.3, -0.25) is 14.4 Å². The van der Waals surface area contributed by atoms with Crippen molar-refractivity contribution in [3.63, 3.8) is 0 Å². The number of hydrogen-bond donors (Lipinski definition) is 2. The van der Waals surface area contributed by atoms with Crippen LogP contribution >= 0.6 is 0 Å². The molecule has 0 aliphatic carbocycles. The molecular formula is C19H23N5O5. The maximum absolute atomic E-state index is 12.3. The monoisotopic (exact) mass is 401 g/mol. The Kier molecular flexibility index (Phi) is 6.43. The molecule has 0 unspecified atom stereocenters. The molecule has 29 heavy (non-hydrogen) atoms. The summed E-state index contributed by atoms with van der Waals surface area (Å²) in [5, 5.41) is 10.0. The minimum Gasteiger partial charge on any atom is -0.450 e. The summed E-state index contributed by atoms with van der Waals surface area (Å²) < 4.78 is 4.95. The fourth-order valence-corrected chi connectivity index (χ4v) is 3.16. The van der Waals surface area contributed by atoms with E-state index in [1.165, 1.54) is 0 Å². The Hall–Kier alpha value is -3.43. The number of amides is 3. The third-order valence-electron chi connectivity index (χ3n) is 4.70.